The fourth-order valence-corrected chi connectivity index (χ4v) is 8.90. The second-order valence-corrected chi connectivity index (χ2v) is 15.3. The number of fused-ring (bicyclic) bond motifs is 8. The second kappa shape index (κ2) is 14.3. The Morgan fingerprint density at radius 1 is 0.435 bits per heavy atom. The molecule has 3 aromatic heterocycles. The van der Waals surface area contributed by atoms with Crippen molar-refractivity contribution < 1.29 is 4.11 Å². The first-order chi connectivity index (χ1) is 32.0. The minimum atomic E-state index is -0.269. The average molecular weight is 794 g/mol. The van der Waals surface area contributed by atoms with E-state index < -0.39 is 0 Å². The van der Waals surface area contributed by atoms with Gasteiger partial charge in [0.2, 0.25) is 0 Å². The largest absolute Gasteiger partial charge is 0.309 e. The molecule has 0 spiro atoms. The molecule has 62 heavy (non-hydrogen) atoms. The number of aromatic nitrogens is 5. The summed E-state index contributed by atoms with van der Waals surface area (Å²) in [4.78, 5) is 14.7. The van der Waals surface area contributed by atoms with E-state index in [9.17, 15) is 9.37 Å². The van der Waals surface area contributed by atoms with Crippen molar-refractivity contribution in [1.82, 2.24) is 24.1 Å². The van der Waals surface area contributed by atoms with Crippen LogP contribution in [0.2, 0.25) is 0 Å². The molecule has 9 aromatic carbocycles. The lowest BCUT2D eigenvalue weighted by atomic mass is 10.0. The minimum Gasteiger partial charge on any atom is -0.309 e. The van der Waals surface area contributed by atoms with Gasteiger partial charge in [0, 0.05) is 43.9 Å². The van der Waals surface area contributed by atoms with E-state index in [0.717, 1.165) is 76.8 Å². The molecule has 0 unspecified atom stereocenters. The van der Waals surface area contributed by atoms with E-state index in [1.807, 2.05) is 138 Å². The lowest BCUT2D eigenvalue weighted by molar-refractivity contribution is 1.07. The van der Waals surface area contributed by atoms with Crippen LogP contribution in [0.1, 0.15) is 9.68 Å². The normalized spacial score (nSPS) is 12.2. The van der Waals surface area contributed by atoms with Gasteiger partial charge >= 0.3 is 0 Å². The highest BCUT2D eigenvalue weighted by Crippen LogP contribution is 2.43. The molecule has 6 heteroatoms. The fourth-order valence-electron chi connectivity index (χ4n) is 8.90. The molecule has 0 N–H and O–H groups in total. The van der Waals surface area contributed by atoms with Crippen molar-refractivity contribution in [2.24, 2.45) is 0 Å². The van der Waals surface area contributed by atoms with Gasteiger partial charge in [-0.25, -0.2) is 15.0 Å². The molecule has 0 aliphatic carbocycles. The number of benzene rings is 9. The van der Waals surface area contributed by atoms with Crippen molar-refractivity contribution in [3.05, 3.63) is 212 Å². The highest BCUT2D eigenvalue weighted by molar-refractivity contribution is 6.26. The Morgan fingerprint density at radius 2 is 1.05 bits per heavy atom. The Balaban J connectivity index is 1.13. The molecular formula is C56H34N6. The van der Waals surface area contributed by atoms with Crippen molar-refractivity contribution in [1.29, 1.82) is 5.26 Å². The molecule has 0 bridgehead atoms. The number of nitrogens with zero attached hydrogens (tertiary/aromatic N) is 6. The predicted molar refractivity (Wildman–Crippen MR) is 252 cm³/mol. The van der Waals surface area contributed by atoms with E-state index in [1.54, 1.807) is 0 Å². The molecule has 0 saturated carbocycles. The lowest BCUT2D eigenvalue weighted by Crippen LogP contribution is -2.02. The molecule has 0 aliphatic rings. The first-order valence-corrected chi connectivity index (χ1v) is 20.4. The van der Waals surface area contributed by atoms with Crippen LogP contribution >= 0.6 is 0 Å². The highest BCUT2D eigenvalue weighted by atomic mass is 15.0. The first kappa shape index (κ1) is 32.2. The van der Waals surface area contributed by atoms with Crippen LogP contribution < -0.4 is 0 Å². The van der Waals surface area contributed by atoms with Crippen molar-refractivity contribution in [3.63, 3.8) is 0 Å². The minimum absolute atomic E-state index is 0.0193. The number of rotatable bonds is 6. The number of para-hydroxylation sites is 2. The van der Waals surface area contributed by atoms with Crippen LogP contribution in [-0.2, 0) is 0 Å². The number of nitriles is 1. The van der Waals surface area contributed by atoms with Crippen LogP contribution in [0, 0.1) is 11.3 Å². The monoisotopic (exact) mass is 793 g/mol. The van der Waals surface area contributed by atoms with Gasteiger partial charge in [-0.2, -0.15) is 5.26 Å². The van der Waals surface area contributed by atoms with Crippen LogP contribution in [0.15, 0.2) is 206 Å². The van der Waals surface area contributed by atoms with Gasteiger partial charge in [0.1, 0.15) is 6.07 Å². The summed E-state index contributed by atoms with van der Waals surface area (Å²) in [6.45, 7) is 0. The number of hydrogen-bond donors (Lipinski definition) is 0. The van der Waals surface area contributed by atoms with Crippen molar-refractivity contribution in [2.75, 3.05) is 0 Å². The zero-order valence-corrected chi connectivity index (χ0v) is 33.1. The van der Waals surface area contributed by atoms with Crippen molar-refractivity contribution in [2.45, 2.75) is 0 Å². The SMILES string of the molecule is [2H]c1c([2H])c(-n2c3ccccc3c3ccc4c(c5ccccc5n4-c4ccc5ccccc5c4)c32)c(C#N)c([2H])c1-c1nc(-c2ccccc2)nc(-c2cccc(-c3ccccc3)c2)n1. The molecule has 0 atom stereocenters. The summed E-state index contributed by atoms with van der Waals surface area (Å²) in [5.41, 5.74) is 7.98. The van der Waals surface area contributed by atoms with E-state index in [0.29, 0.717) is 17.2 Å². The van der Waals surface area contributed by atoms with Gasteiger partial charge in [0.05, 0.1) is 37.4 Å². The van der Waals surface area contributed by atoms with Crippen LogP contribution in [0.4, 0.5) is 0 Å². The van der Waals surface area contributed by atoms with Gasteiger partial charge in [-0.3, -0.25) is 0 Å². The summed E-state index contributed by atoms with van der Waals surface area (Å²) < 4.78 is 33.6. The maximum Gasteiger partial charge on any atom is 0.164 e. The molecular weight excluding hydrogens is 757 g/mol. The Labute approximate surface area is 361 Å². The molecule has 0 saturated heterocycles. The zero-order chi connectivity index (χ0) is 43.8. The Bertz CT molecular complexity index is 3940. The average Bonchev–Trinajstić information content (AvgIpc) is 3.88. The van der Waals surface area contributed by atoms with E-state index in [1.165, 1.54) is 0 Å². The molecule has 3 heterocycles. The third kappa shape index (κ3) is 5.68. The number of hydrogen-bond acceptors (Lipinski definition) is 4. The van der Waals surface area contributed by atoms with Gasteiger partial charge in [-0.1, -0.05) is 152 Å². The summed E-state index contributed by atoms with van der Waals surface area (Å²) >= 11 is 0. The van der Waals surface area contributed by atoms with E-state index >= 15 is 0 Å². The van der Waals surface area contributed by atoms with Gasteiger partial charge < -0.3 is 9.13 Å². The van der Waals surface area contributed by atoms with Crippen LogP contribution in [0.3, 0.4) is 0 Å². The standard InChI is InChI=1S/C56H34N6/c57-35-43-33-42(56-59-54(38-17-5-2-6-18-38)58-55(60-56)41-21-13-20-39(32-41)36-14-3-1-4-15-36)27-30-48(43)62-49-24-11-9-22-45(49)46-29-31-51-52(53(46)62)47-23-10-12-25-50(47)61(51)44-28-26-37-16-7-8-19-40(37)34-44/h1-34H/i27D,30D,33D. The van der Waals surface area contributed by atoms with Gasteiger partial charge in [-0.15, -0.1) is 0 Å². The van der Waals surface area contributed by atoms with Gasteiger partial charge in [0.15, 0.2) is 17.5 Å². The molecule has 0 amide bonds. The van der Waals surface area contributed by atoms with Gasteiger partial charge in [-0.05, 0) is 76.4 Å². The predicted octanol–water partition coefficient (Wildman–Crippen LogP) is 13.8. The van der Waals surface area contributed by atoms with Crippen molar-refractivity contribution >= 4 is 54.4 Å². The Morgan fingerprint density at radius 3 is 1.82 bits per heavy atom. The van der Waals surface area contributed by atoms with Crippen LogP contribution in [0.5, 0.6) is 0 Å². The summed E-state index contributed by atoms with van der Waals surface area (Å²) in [5, 5.41) is 17.2. The smallest absolute Gasteiger partial charge is 0.164 e. The Kier molecular flexibility index (Phi) is 7.41. The lowest BCUT2D eigenvalue weighted by Gasteiger charge is -2.13. The molecule has 0 radical (unpaired) electrons. The van der Waals surface area contributed by atoms with E-state index in [4.69, 9.17) is 15.0 Å². The first-order valence-electron chi connectivity index (χ1n) is 21.9. The zero-order valence-electron chi connectivity index (χ0n) is 36.1. The molecule has 12 aromatic rings. The fraction of sp³-hybridized carbons (Fsp3) is 0. The molecule has 12 rings (SSSR count). The second-order valence-electron chi connectivity index (χ2n) is 15.3. The molecule has 6 nitrogen and oxygen atoms in total. The quantitative estimate of drug-likeness (QED) is 0.168. The maximum absolute atomic E-state index is 11.2. The third-order valence-corrected chi connectivity index (χ3v) is 11.7. The highest BCUT2D eigenvalue weighted by Gasteiger charge is 2.23. The molecule has 0 fully saturated rings. The van der Waals surface area contributed by atoms with E-state index in [-0.39, 0.29) is 40.8 Å². The van der Waals surface area contributed by atoms with E-state index in [2.05, 4.69) is 65.2 Å². The summed E-state index contributed by atoms with van der Waals surface area (Å²) in [5.74, 6) is 0.719. The topological polar surface area (TPSA) is 72.3 Å². The summed E-state index contributed by atoms with van der Waals surface area (Å²) in [6.07, 6.45) is 0. The van der Waals surface area contributed by atoms with Crippen LogP contribution in [-0.4, -0.2) is 24.1 Å². The maximum atomic E-state index is 11.2. The van der Waals surface area contributed by atoms with Crippen LogP contribution in [0.25, 0.3) is 111 Å². The molecule has 288 valence electrons. The summed E-state index contributed by atoms with van der Waals surface area (Å²) in [6, 6.07) is 64.3. The third-order valence-electron chi connectivity index (χ3n) is 11.7. The summed E-state index contributed by atoms with van der Waals surface area (Å²) in [7, 11) is 0. The Hall–Kier alpha value is -8.66. The van der Waals surface area contributed by atoms with Crippen molar-refractivity contribution in [3.8, 4) is 62.7 Å². The molecule has 0 aliphatic heterocycles. The van der Waals surface area contributed by atoms with Gasteiger partial charge in [0.25, 0.3) is 0 Å².